The Balaban J connectivity index is 1.33. The molecule has 0 unspecified atom stereocenters. The fourth-order valence-electron chi connectivity index (χ4n) is 10.5. The largest absolute Gasteiger partial charge is 0.308 e. The molecule has 61 heavy (non-hydrogen) atoms. The van der Waals surface area contributed by atoms with Gasteiger partial charge in [-0.3, -0.25) is 0 Å². The van der Waals surface area contributed by atoms with Crippen LogP contribution < -0.4 is 4.90 Å². The molecule has 298 valence electrons. The number of anilines is 3. The van der Waals surface area contributed by atoms with Crippen LogP contribution in [0, 0.1) is 0 Å². The zero-order chi connectivity index (χ0) is 41.9. The van der Waals surface area contributed by atoms with Crippen LogP contribution in [0.1, 0.15) is 79.0 Å². The minimum Gasteiger partial charge on any atom is -0.308 e. The van der Waals surface area contributed by atoms with Gasteiger partial charge < -0.3 is 13.7 Å². The van der Waals surface area contributed by atoms with Crippen molar-refractivity contribution < 1.29 is 0 Å². The van der Waals surface area contributed by atoms with E-state index in [0.717, 1.165) is 11.4 Å². The fraction of sp³-hybridized carbons (Fsp3) is 0.207. The number of fused-ring (bicyclic) bond motifs is 14. The number of para-hydroxylation sites is 2. The molecule has 0 N–H and O–H groups in total. The molecular formula is C58H51N3. The minimum absolute atomic E-state index is 0.0180. The highest BCUT2D eigenvalue weighted by molar-refractivity contribution is 6.31. The molecule has 0 radical (unpaired) electrons. The summed E-state index contributed by atoms with van der Waals surface area (Å²) >= 11 is 0. The van der Waals surface area contributed by atoms with E-state index in [4.69, 9.17) is 0 Å². The monoisotopic (exact) mass is 789 g/mol. The molecule has 0 aliphatic rings. The molecule has 3 heteroatoms. The van der Waals surface area contributed by atoms with Crippen LogP contribution in [-0.2, 0) is 16.2 Å². The van der Waals surface area contributed by atoms with Crippen molar-refractivity contribution in [2.75, 3.05) is 4.90 Å². The predicted molar refractivity (Wildman–Crippen MR) is 264 cm³/mol. The summed E-state index contributed by atoms with van der Waals surface area (Å²) in [5.41, 5.74) is 15.0. The van der Waals surface area contributed by atoms with Crippen LogP contribution in [0.5, 0.6) is 0 Å². The quantitative estimate of drug-likeness (QED) is 0.174. The molecule has 0 aliphatic heterocycles. The van der Waals surface area contributed by atoms with Gasteiger partial charge in [0.25, 0.3) is 0 Å². The summed E-state index contributed by atoms with van der Waals surface area (Å²) in [5, 5.41) is 13.1. The van der Waals surface area contributed by atoms with Gasteiger partial charge in [-0.1, -0.05) is 135 Å². The van der Waals surface area contributed by atoms with E-state index in [9.17, 15) is 0 Å². The first-order valence-corrected chi connectivity index (χ1v) is 21.9. The summed E-state index contributed by atoms with van der Waals surface area (Å²) in [4.78, 5) is 2.48. The van der Waals surface area contributed by atoms with Crippen molar-refractivity contribution in [2.45, 2.75) is 78.6 Å². The van der Waals surface area contributed by atoms with Crippen molar-refractivity contribution >= 4 is 104 Å². The predicted octanol–water partition coefficient (Wildman–Crippen LogP) is 16.5. The summed E-state index contributed by atoms with van der Waals surface area (Å²) in [7, 11) is 0. The molecule has 3 nitrogen and oxygen atoms in total. The van der Waals surface area contributed by atoms with Gasteiger partial charge in [0.2, 0.25) is 0 Å². The Morgan fingerprint density at radius 1 is 0.328 bits per heavy atom. The molecule has 0 atom stereocenters. The van der Waals surface area contributed by atoms with Crippen molar-refractivity contribution in [3.05, 3.63) is 162 Å². The maximum atomic E-state index is 2.63. The Bertz CT molecular complexity index is 3690. The zero-order valence-corrected chi connectivity index (χ0v) is 36.7. The van der Waals surface area contributed by atoms with Crippen LogP contribution in [0.25, 0.3) is 87.0 Å². The van der Waals surface area contributed by atoms with Crippen LogP contribution in [-0.4, -0.2) is 8.80 Å². The Morgan fingerprint density at radius 2 is 0.721 bits per heavy atom. The maximum absolute atomic E-state index is 2.63. The third kappa shape index (κ3) is 5.04. The number of hydrogen-bond donors (Lipinski definition) is 0. The zero-order valence-electron chi connectivity index (χ0n) is 36.7. The third-order valence-electron chi connectivity index (χ3n) is 13.7. The van der Waals surface area contributed by atoms with Gasteiger partial charge in [0, 0.05) is 59.9 Å². The average molecular weight is 790 g/mol. The highest BCUT2D eigenvalue weighted by Gasteiger charge is 2.30. The molecule has 12 rings (SSSR count). The van der Waals surface area contributed by atoms with Gasteiger partial charge in [0.1, 0.15) is 0 Å². The molecule has 4 heterocycles. The Hall–Kier alpha value is -6.58. The maximum Gasteiger partial charge on any atom is 0.0783 e. The van der Waals surface area contributed by atoms with E-state index in [1.165, 1.54) is 109 Å². The molecule has 0 spiro atoms. The van der Waals surface area contributed by atoms with E-state index in [2.05, 4.69) is 222 Å². The van der Waals surface area contributed by atoms with Gasteiger partial charge in [-0.25, -0.2) is 0 Å². The van der Waals surface area contributed by atoms with Crippen molar-refractivity contribution in [1.82, 2.24) is 8.80 Å². The van der Waals surface area contributed by atoms with E-state index in [0.29, 0.717) is 0 Å². The topological polar surface area (TPSA) is 12.1 Å². The second kappa shape index (κ2) is 12.0. The number of benzene rings is 8. The average Bonchev–Trinajstić information content (AvgIpc) is 3.95. The van der Waals surface area contributed by atoms with Crippen molar-refractivity contribution in [3.8, 4) is 0 Å². The lowest BCUT2D eigenvalue weighted by atomic mass is 9.84. The molecular weight excluding hydrogens is 739 g/mol. The summed E-state index contributed by atoms with van der Waals surface area (Å²) in [6.45, 7) is 21.1. The lowest BCUT2D eigenvalue weighted by Crippen LogP contribution is -2.15. The molecule has 0 amide bonds. The van der Waals surface area contributed by atoms with E-state index >= 15 is 0 Å². The first-order chi connectivity index (χ1) is 29.2. The number of nitrogens with zero attached hydrogens (tertiary/aromatic N) is 3. The van der Waals surface area contributed by atoms with E-state index < -0.39 is 0 Å². The smallest absolute Gasteiger partial charge is 0.0783 e. The third-order valence-corrected chi connectivity index (χ3v) is 13.7. The first kappa shape index (κ1) is 36.3. The van der Waals surface area contributed by atoms with Gasteiger partial charge in [0.05, 0.1) is 38.8 Å². The number of rotatable bonds is 3. The second-order valence-corrected chi connectivity index (χ2v) is 20.7. The molecule has 12 aromatic rings. The minimum atomic E-state index is -0.0758. The Morgan fingerprint density at radius 3 is 1.23 bits per heavy atom. The highest BCUT2D eigenvalue weighted by Crippen LogP contribution is 2.51. The van der Waals surface area contributed by atoms with Crippen LogP contribution in [0.3, 0.4) is 0 Å². The van der Waals surface area contributed by atoms with Crippen molar-refractivity contribution in [2.24, 2.45) is 0 Å². The molecule has 0 saturated heterocycles. The molecule has 0 aliphatic carbocycles. The fourth-order valence-corrected chi connectivity index (χ4v) is 10.5. The standard InChI is InChI=1S/C58H51N3/c1-56(2,3)35-26-44-41-25-24-34-18-16-17-23-40(34)52(41)60-49-32-43-46-28-36(57(4,5)6)29-47-48-30-37(58(7,8)9)31-51(59(38-19-12-10-13-20-38)39-21-14-11-15-22-39)55(48)61(54(46)47)50(43)33-42(49)45(27-35)53(44)60/h10-33H,1-9H3. The summed E-state index contributed by atoms with van der Waals surface area (Å²) in [6, 6.07) is 55.4. The molecule has 0 bridgehead atoms. The highest BCUT2D eigenvalue weighted by atomic mass is 15.2. The van der Waals surface area contributed by atoms with E-state index in [1.807, 2.05) is 0 Å². The summed E-state index contributed by atoms with van der Waals surface area (Å²) in [6.07, 6.45) is 0. The summed E-state index contributed by atoms with van der Waals surface area (Å²) < 4.78 is 5.24. The number of hydrogen-bond acceptors (Lipinski definition) is 1. The van der Waals surface area contributed by atoms with Crippen LogP contribution in [0.4, 0.5) is 17.1 Å². The van der Waals surface area contributed by atoms with Gasteiger partial charge in [0.15, 0.2) is 0 Å². The Kier molecular flexibility index (Phi) is 7.16. The van der Waals surface area contributed by atoms with Crippen LogP contribution in [0.15, 0.2) is 146 Å². The number of aromatic nitrogens is 2. The van der Waals surface area contributed by atoms with Crippen LogP contribution >= 0.6 is 0 Å². The molecule has 0 saturated carbocycles. The van der Waals surface area contributed by atoms with Gasteiger partial charge >= 0.3 is 0 Å². The van der Waals surface area contributed by atoms with Crippen molar-refractivity contribution in [3.63, 3.8) is 0 Å². The lowest BCUT2D eigenvalue weighted by molar-refractivity contribution is 0.591. The van der Waals surface area contributed by atoms with Crippen LogP contribution in [0.2, 0.25) is 0 Å². The molecule has 8 aromatic carbocycles. The lowest BCUT2D eigenvalue weighted by Gasteiger charge is -2.29. The van der Waals surface area contributed by atoms with Crippen molar-refractivity contribution in [1.29, 1.82) is 0 Å². The first-order valence-electron chi connectivity index (χ1n) is 21.9. The second-order valence-electron chi connectivity index (χ2n) is 20.7. The van der Waals surface area contributed by atoms with Gasteiger partial charge in [-0.15, -0.1) is 0 Å². The SMILES string of the molecule is CC(C)(C)c1cc(N(c2ccccc2)c2ccccc2)c2c(c1)c1cc(C(C)(C)C)cc3c4cc5c(cc4n2c31)c1cc(C(C)(C)C)cc2c3ccc4ccccc4c3n5c12. The van der Waals surface area contributed by atoms with E-state index in [-0.39, 0.29) is 16.2 Å². The van der Waals surface area contributed by atoms with E-state index in [1.54, 1.807) is 0 Å². The molecule has 0 fully saturated rings. The Labute approximate surface area is 357 Å². The normalized spacial score (nSPS) is 13.3. The van der Waals surface area contributed by atoms with Gasteiger partial charge in [-0.2, -0.15) is 0 Å². The summed E-state index contributed by atoms with van der Waals surface area (Å²) in [5.74, 6) is 0. The van der Waals surface area contributed by atoms with Gasteiger partial charge in [-0.05, 0) is 111 Å². The molecule has 4 aromatic heterocycles.